The number of hydrogen-bond donors (Lipinski definition) is 1. The highest BCUT2D eigenvalue weighted by Crippen LogP contribution is 2.16. The molecule has 1 rings (SSSR count). The third-order valence-electron chi connectivity index (χ3n) is 1.75. The molecule has 0 aromatic rings. The van der Waals surface area contributed by atoms with Crippen LogP contribution in [-0.2, 0) is 4.79 Å². The summed E-state index contributed by atoms with van der Waals surface area (Å²) in [6.07, 6.45) is 6.09. The lowest BCUT2D eigenvalue weighted by Gasteiger charge is -1.97. The van der Waals surface area contributed by atoms with Gasteiger partial charge in [0.15, 0.2) is 0 Å². The highest BCUT2D eigenvalue weighted by Gasteiger charge is 2.06. The molecule has 0 bridgehead atoms. The Morgan fingerprint density at radius 2 is 2.00 bits per heavy atom. The number of aliphatic carboxylic acids is 1. The normalized spacial score (nSPS) is 17.3. The molecule has 0 aromatic carbocycles. The molecule has 0 saturated carbocycles. The van der Waals surface area contributed by atoms with Gasteiger partial charge in [-0.3, -0.25) is 0 Å². The van der Waals surface area contributed by atoms with Gasteiger partial charge in [0.1, 0.15) is 0 Å². The molecular weight excluding hydrogens is 152 g/mol. The van der Waals surface area contributed by atoms with Gasteiger partial charge in [-0.05, 0) is 32.4 Å². The Bertz CT molecular complexity index is 293. The van der Waals surface area contributed by atoms with Crippen LogP contribution in [0.1, 0.15) is 20.3 Å². The van der Waals surface area contributed by atoms with Crippen LogP contribution < -0.4 is 0 Å². The molecule has 0 radical (unpaired) electrons. The van der Waals surface area contributed by atoms with Crippen molar-refractivity contribution in [2.24, 2.45) is 0 Å². The Balaban J connectivity index is 3.01. The van der Waals surface area contributed by atoms with E-state index in [1.165, 1.54) is 5.57 Å². The quantitative estimate of drug-likeness (QED) is 0.645. The molecule has 0 amide bonds. The lowest BCUT2D eigenvalue weighted by atomic mass is 10.1. The first-order valence-electron chi connectivity index (χ1n) is 3.87. The van der Waals surface area contributed by atoms with Crippen LogP contribution in [0.15, 0.2) is 34.9 Å². The zero-order valence-electron chi connectivity index (χ0n) is 7.29. The summed E-state index contributed by atoms with van der Waals surface area (Å²) in [6, 6.07) is 0. The van der Waals surface area contributed by atoms with Crippen molar-refractivity contribution in [2.45, 2.75) is 20.3 Å². The topological polar surface area (TPSA) is 37.3 Å². The van der Waals surface area contributed by atoms with E-state index >= 15 is 0 Å². The summed E-state index contributed by atoms with van der Waals surface area (Å²) >= 11 is 0. The second-order valence-electron chi connectivity index (χ2n) is 3.11. The van der Waals surface area contributed by atoms with Gasteiger partial charge in [-0.2, -0.15) is 0 Å². The van der Waals surface area contributed by atoms with E-state index in [1.807, 2.05) is 19.9 Å². The van der Waals surface area contributed by atoms with Gasteiger partial charge < -0.3 is 5.11 Å². The van der Waals surface area contributed by atoms with Gasteiger partial charge in [-0.25, -0.2) is 4.79 Å². The third kappa shape index (κ3) is 2.09. The maximum atomic E-state index is 10.6. The lowest BCUT2D eigenvalue weighted by molar-refractivity contribution is -0.132. The summed E-state index contributed by atoms with van der Waals surface area (Å²) in [6.45, 7) is 3.94. The molecule has 2 nitrogen and oxygen atoms in total. The third-order valence-corrected chi connectivity index (χ3v) is 1.75. The van der Waals surface area contributed by atoms with Gasteiger partial charge in [0.05, 0.1) is 5.57 Å². The minimum Gasteiger partial charge on any atom is -0.478 e. The van der Waals surface area contributed by atoms with E-state index in [1.54, 1.807) is 12.2 Å². The number of carboxylic acids is 1. The first-order chi connectivity index (χ1) is 5.59. The largest absolute Gasteiger partial charge is 0.478 e. The zero-order chi connectivity index (χ0) is 9.14. The summed E-state index contributed by atoms with van der Waals surface area (Å²) in [5, 5.41) is 8.73. The van der Waals surface area contributed by atoms with Gasteiger partial charge in [0.25, 0.3) is 0 Å². The van der Waals surface area contributed by atoms with Crippen molar-refractivity contribution in [1.82, 2.24) is 0 Å². The number of hydrogen-bond acceptors (Lipinski definition) is 1. The molecular formula is C10H12O2. The Kier molecular flexibility index (Phi) is 2.48. The van der Waals surface area contributed by atoms with Crippen LogP contribution in [0, 0.1) is 0 Å². The molecule has 0 atom stereocenters. The van der Waals surface area contributed by atoms with Crippen LogP contribution in [-0.4, -0.2) is 11.1 Å². The standard InChI is InChI=1S/C10H12O2/c1-7-3-4-9(10(11)12)6-8(2)5-7/h3-4,6H,5H2,1-2H3,(H,11,12). The molecule has 0 saturated heterocycles. The molecule has 1 aliphatic carbocycles. The molecule has 0 heterocycles. The fraction of sp³-hybridized carbons (Fsp3) is 0.300. The smallest absolute Gasteiger partial charge is 0.335 e. The average molecular weight is 164 g/mol. The van der Waals surface area contributed by atoms with Crippen molar-refractivity contribution in [1.29, 1.82) is 0 Å². The zero-order valence-corrected chi connectivity index (χ0v) is 7.29. The van der Waals surface area contributed by atoms with Crippen LogP contribution in [0.4, 0.5) is 0 Å². The Labute approximate surface area is 71.9 Å². The lowest BCUT2D eigenvalue weighted by Crippen LogP contribution is -1.96. The molecule has 2 heteroatoms. The highest BCUT2D eigenvalue weighted by atomic mass is 16.4. The van der Waals surface area contributed by atoms with Crippen molar-refractivity contribution in [3.63, 3.8) is 0 Å². The molecule has 1 aliphatic rings. The monoisotopic (exact) mass is 164 g/mol. The van der Waals surface area contributed by atoms with E-state index in [4.69, 9.17) is 5.11 Å². The van der Waals surface area contributed by atoms with Gasteiger partial charge in [-0.15, -0.1) is 0 Å². The van der Waals surface area contributed by atoms with Crippen LogP contribution in [0.5, 0.6) is 0 Å². The second-order valence-corrected chi connectivity index (χ2v) is 3.11. The SMILES string of the molecule is CC1=CC=C(C(=O)O)C=C(C)C1. The predicted molar refractivity (Wildman–Crippen MR) is 47.8 cm³/mol. The van der Waals surface area contributed by atoms with Crippen molar-refractivity contribution in [3.8, 4) is 0 Å². The van der Waals surface area contributed by atoms with Crippen molar-refractivity contribution < 1.29 is 9.90 Å². The Morgan fingerprint density at radius 3 is 2.58 bits per heavy atom. The number of allylic oxidation sites excluding steroid dienone is 4. The molecule has 0 unspecified atom stereocenters. The van der Waals surface area contributed by atoms with Crippen molar-refractivity contribution in [2.75, 3.05) is 0 Å². The Hall–Kier alpha value is -1.31. The van der Waals surface area contributed by atoms with E-state index in [2.05, 4.69) is 0 Å². The van der Waals surface area contributed by atoms with Crippen LogP contribution in [0.25, 0.3) is 0 Å². The number of rotatable bonds is 1. The van der Waals surface area contributed by atoms with Crippen LogP contribution in [0.2, 0.25) is 0 Å². The van der Waals surface area contributed by atoms with E-state index in [9.17, 15) is 4.79 Å². The minimum atomic E-state index is -0.861. The number of carboxylic acid groups (broad SMARTS) is 1. The van der Waals surface area contributed by atoms with Gasteiger partial charge in [0.2, 0.25) is 0 Å². The number of carbonyl (C=O) groups is 1. The molecule has 0 aromatic heterocycles. The molecule has 0 fully saturated rings. The maximum absolute atomic E-state index is 10.6. The van der Waals surface area contributed by atoms with Crippen molar-refractivity contribution in [3.05, 3.63) is 34.9 Å². The molecule has 0 spiro atoms. The average Bonchev–Trinajstić information content (AvgIpc) is 2.11. The maximum Gasteiger partial charge on any atom is 0.335 e. The van der Waals surface area contributed by atoms with E-state index in [-0.39, 0.29) is 0 Å². The fourth-order valence-electron chi connectivity index (χ4n) is 1.23. The van der Waals surface area contributed by atoms with E-state index in [0.717, 1.165) is 12.0 Å². The molecule has 0 aliphatic heterocycles. The van der Waals surface area contributed by atoms with Gasteiger partial charge in [-0.1, -0.05) is 17.2 Å². The summed E-state index contributed by atoms with van der Waals surface area (Å²) in [4.78, 5) is 10.6. The van der Waals surface area contributed by atoms with Gasteiger partial charge >= 0.3 is 5.97 Å². The predicted octanol–water partition coefficient (Wildman–Crippen LogP) is 2.29. The fourth-order valence-corrected chi connectivity index (χ4v) is 1.23. The minimum absolute atomic E-state index is 0.365. The van der Waals surface area contributed by atoms with Crippen LogP contribution >= 0.6 is 0 Å². The van der Waals surface area contributed by atoms with Gasteiger partial charge in [0, 0.05) is 0 Å². The van der Waals surface area contributed by atoms with E-state index in [0.29, 0.717) is 5.57 Å². The summed E-state index contributed by atoms with van der Waals surface area (Å²) in [7, 11) is 0. The first kappa shape index (κ1) is 8.78. The first-order valence-corrected chi connectivity index (χ1v) is 3.87. The van der Waals surface area contributed by atoms with Crippen LogP contribution in [0.3, 0.4) is 0 Å². The summed E-state index contributed by atoms with van der Waals surface area (Å²) in [5.74, 6) is -0.861. The molecule has 1 N–H and O–H groups in total. The summed E-state index contributed by atoms with van der Waals surface area (Å²) in [5.41, 5.74) is 2.65. The van der Waals surface area contributed by atoms with Crippen molar-refractivity contribution >= 4 is 5.97 Å². The Morgan fingerprint density at radius 1 is 1.33 bits per heavy atom. The second kappa shape index (κ2) is 3.39. The summed E-state index contributed by atoms with van der Waals surface area (Å²) < 4.78 is 0. The highest BCUT2D eigenvalue weighted by molar-refractivity contribution is 5.90. The van der Waals surface area contributed by atoms with E-state index < -0.39 is 5.97 Å². The molecule has 12 heavy (non-hydrogen) atoms. The molecule has 64 valence electrons.